The molecule has 1 aliphatic rings. The maximum atomic E-state index is 13.8. The zero-order valence-electron chi connectivity index (χ0n) is 10.9. The summed E-state index contributed by atoms with van der Waals surface area (Å²) in [7, 11) is 0. The van der Waals surface area contributed by atoms with Gasteiger partial charge in [-0.1, -0.05) is 13.0 Å². The van der Waals surface area contributed by atoms with E-state index in [1.54, 1.807) is 0 Å². The third-order valence-corrected chi connectivity index (χ3v) is 3.48. The van der Waals surface area contributed by atoms with Crippen LogP contribution in [0.4, 0.5) is 13.2 Å². The van der Waals surface area contributed by atoms with Crippen molar-refractivity contribution in [3.8, 4) is 0 Å². The predicted molar refractivity (Wildman–Crippen MR) is 66.3 cm³/mol. The Balaban J connectivity index is 2.20. The third kappa shape index (κ3) is 3.28. The van der Waals surface area contributed by atoms with E-state index in [9.17, 15) is 13.2 Å². The lowest BCUT2D eigenvalue weighted by molar-refractivity contribution is 0.181. The summed E-state index contributed by atoms with van der Waals surface area (Å²) in [5.74, 6) is -3.31. The van der Waals surface area contributed by atoms with E-state index in [1.807, 2.05) is 6.92 Å². The Kier molecular flexibility index (Phi) is 4.82. The highest BCUT2D eigenvalue weighted by Gasteiger charge is 2.25. The molecule has 1 aromatic carbocycles. The van der Waals surface area contributed by atoms with Gasteiger partial charge in [-0.25, -0.2) is 13.2 Å². The van der Waals surface area contributed by atoms with Crippen LogP contribution in [0.2, 0.25) is 0 Å². The van der Waals surface area contributed by atoms with E-state index < -0.39 is 17.5 Å². The molecule has 0 amide bonds. The molecule has 1 aliphatic heterocycles. The number of ether oxygens (including phenoxy) is 1. The lowest BCUT2D eigenvalue weighted by Crippen LogP contribution is -2.25. The third-order valence-electron chi connectivity index (χ3n) is 3.48. The molecule has 0 saturated carbocycles. The molecule has 1 fully saturated rings. The predicted octanol–water partition coefficient (Wildman–Crippen LogP) is 3.18. The van der Waals surface area contributed by atoms with Gasteiger partial charge in [-0.05, 0) is 31.4 Å². The number of halogens is 3. The molecule has 2 unspecified atom stereocenters. The van der Waals surface area contributed by atoms with Crippen molar-refractivity contribution in [1.82, 2.24) is 5.32 Å². The summed E-state index contributed by atoms with van der Waals surface area (Å²) < 4.78 is 45.4. The first-order chi connectivity index (χ1) is 9.13. The molecule has 0 radical (unpaired) electrons. The highest BCUT2D eigenvalue weighted by molar-refractivity contribution is 5.23. The Bertz CT molecular complexity index is 433. The van der Waals surface area contributed by atoms with E-state index in [0.717, 1.165) is 12.5 Å². The SMILES string of the molecule is CCNC(CC1CCOC1)c1ccc(F)c(F)c1F. The van der Waals surface area contributed by atoms with Crippen LogP contribution in [0.15, 0.2) is 12.1 Å². The number of rotatable bonds is 5. The van der Waals surface area contributed by atoms with Gasteiger partial charge in [-0.2, -0.15) is 0 Å². The van der Waals surface area contributed by atoms with Gasteiger partial charge in [-0.3, -0.25) is 0 Å². The Labute approximate surface area is 111 Å². The topological polar surface area (TPSA) is 21.3 Å². The van der Waals surface area contributed by atoms with Crippen LogP contribution in [0.1, 0.15) is 31.4 Å². The van der Waals surface area contributed by atoms with Crippen LogP contribution in [0.5, 0.6) is 0 Å². The molecule has 106 valence electrons. The molecule has 2 atom stereocenters. The van der Waals surface area contributed by atoms with Crippen molar-refractivity contribution >= 4 is 0 Å². The van der Waals surface area contributed by atoms with Gasteiger partial charge in [0, 0.05) is 24.8 Å². The number of hydrogen-bond acceptors (Lipinski definition) is 2. The smallest absolute Gasteiger partial charge is 0.194 e. The van der Waals surface area contributed by atoms with Gasteiger partial charge in [0.1, 0.15) is 0 Å². The first kappa shape index (κ1) is 14.3. The fourth-order valence-corrected chi connectivity index (χ4v) is 2.48. The van der Waals surface area contributed by atoms with Crippen molar-refractivity contribution < 1.29 is 17.9 Å². The highest BCUT2D eigenvalue weighted by Crippen LogP contribution is 2.29. The summed E-state index contributed by atoms with van der Waals surface area (Å²) in [6, 6.07) is 1.98. The maximum Gasteiger partial charge on any atom is 0.194 e. The fraction of sp³-hybridized carbons (Fsp3) is 0.571. The van der Waals surface area contributed by atoms with Crippen LogP contribution >= 0.6 is 0 Å². The summed E-state index contributed by atoms with van der Waals surface area (Å²) in [5.41, 5.74) is 0.188. The van der Waals surface area contributed by atoms with Gasteiger partial charge in [0.25, 0.3) is 0 Å². The van der Waals surface area contributed by atoms with E-state index >= 15 is 0 Å². The maximum absolute atomic E-state index is 13.8. The first-order valence-electron chi connectivity index (χ1n) is 6.58. The van der Waals surface area contributed by atoms with Gasteiger partial charge in [-0.15, -0.1) is 0 Å². The molecule has 2 rings (SSSR count). The van der Waals surface area contributed by atoms with Crippen LogP contribution in [-0.2, 0) is 4.74 Å². The fourth-order valence-electron chi connectivity index (χ4n) is 2.48. The molecule has 0 spiro atoms. The van der Waals surface area contributed by atoms with Gasteiger partial charge in [0.2, 0.25) is 0 Å². The zero-order valence-corrected chi connectivity index (χ0v) is 10.9. The van der Waals surface area contributed by atoms with Crippen LogP contribution in [0, 0.1) is 23.4 Å². The first-order valence-corrected chi connectivity index (χ1v) is 6.58. The molecule has 2 nitrogen and oxygen atoms in total. The van der Waals surface area contributed by atoms with Crippen molar-refractivity contribution in [3.05, 3.63) is 35.1 Å². The van der Waals surface area contributed by atoms with Gasteiger partial charge < -0.3 is 10.1 Å². The standard InChI is InChI=1S/C14H18F3NO/c1-2-18-12(7-9-5-6-19-8-9)10-3-4-11(15)14(17)13(10)16/h3-4,9,12,18H,2,5-8H2,1H3. The molecule has 1 N–H and O–H groups in total. The Hall–Kier alpha value is -1.07. The van der Waals surface area contributed by atoms with Crippen LogP contribution < -0.4 is 5.32 Å². The van der Waals surface area contributed by atoms with Crippen LogP contribution in [0.3, 0.4) is 0 Å². The molecule has 19 heavy (non-hydrogen) atoms. The number of hydrogen-bond donors (Lipinski definition) is 1. The minimum Gasteiger partial charge on any atom is -0.381 e. The Morgan fingerprint density at radius 2 is 2.11 bits per heavy atom. The molecule has 1 aromatic rings. The summed E-state index contributed by atoms with van der Waals surface area (Å²) in [4.78, 5) is 0. The van der Waals surface area contributed by atoms with Crippen molar-refractivity contribution in [1.29, 1.82) is 0 Å². The molecule has 5 heteroatoms. The number of nitrogens with one attached hydrogen (secondary N) is 1. The molecule has 1 saturated heterocycles. The quantitative estimate of drug-likeness (QED) is 0.832. The van der Waals surface area contributed by atoms with Gasteiger partial charge >= 0.3 is 0 Å². The molecule has 1 heterocycles. The summed E-state index contributed by atoms with van der Waals surface area (Å²) in [6.07, 6.45) is 1.59. The van der Waals surface area contributed by atoms with E-state index in [-0.39, 0.29) is 11.6 Å². The summed E-state index contributed by atoms with van der Waals surface area (Å²) in [6.45, 7) is 3.89. The minimum absolute atomic E-state index is 0.188. The zero-order chi connectivity index (χ0) is 13.8. The van der Waals surface area contributed by atoms with Crippen molar-refractivity contribution in [2.45, 2.75) is 25.8 Å². The molecule has 0 aromatic heterocycles. The van der Waals surface area contributed by atoms with Crippen molar-refractivity contribution in [2.24, 2.45) is 5.92 Å². The van der Waals surface area contributed by atoms with Crippen LogP contribution in [0.25, 0.3) is 0 Å². The molecular formula is C14H18F3NO. The summed E-state index contributed by atoms with van der Waals surface area (Å²) in [5, 5.41) is 3.13. The summed E-state index contributed by atoms with van der Waals surface area (Å²) >= 11 is 0. The average Bonchev–Trinajstić information content (AvgIpc) is 2.89. The van der Waals surface area contributed by atoms with Crippen molar-refractivity contribution in [3.63, 3.8) is 0 Å². The monoisotopic (exact) mass is 273 g/mol. The average molecular weight is 273 g/mol. The van der Waals surface area contributed by atoms with Gasteiger partial charge in [0.15, 0.2) is 17.5 Å². The molecular weight excluding hydrogens is 255 g/mol. The largest absolute Gasteiger partial charge is 0.381 e. The van der Waals surface area contributed by atoms with Crippen LogP contribution in [-0.4, -0.2) is 19.8 Å². The second kappa shape index (κ2) is 6.39. The van der Waals surface area contributed by atoms with E-state index in [1.165, 1.54) is 6.07 Å². The second-order valence-electron chi connectivity index (χ2n) is 4.84. The normalized spacial score (nSPS) is 20.7. The molecule has 0 bridgehead atoms. The minimum atomic E-state index is -1.40. The lowest BCUT2D eigenvalue weighted by atomic mass is 9.93. The Morgan fingerprint density at radius 3 is 2.74 bits per heavy atom. The number of benzene rings is 1. The second-order valence-corrected chi connectivity index (χ2v) is 4.84. The van der Waals surface area contributed by atoms with Gasteiger partial charge in [0.05, 0.1) is 0 Å². The lowest BCUT2D eigenvalue weighted by Gasteiger charge is -2.22. The molecule has 0 aliphatic carbocycles. The van der Waals surface area contributed by atoms with E-state index in [4.69, 9.17) is 4.74 Å². The van der Waals surface area contributed by atoms with E-state index in [0.29, 0.717) is 32.1 Å². The Morgan fingerprint density at radius 1 is 1.32 bits per heavy atom. The van der Waals surface area contributed by atoms with E-state index in [2.05, 4.69) is 5.32 Å². The highest BCUT2D eigenvalue weighted by atomic mass is 19.2. The van der Waals surface area contributed by atoms with Crippen molar-refractivity contribution in [2.75, 3.05) is 19.8 Å².